The van der Waals surface area contributed by atoms with Gasteiger partial charge in [0.05, 0.1) is 16.5 Å². The smallest absolute Gasteiger partial charge is 0.311 e. The third-order valence-electron chi connectivity index (χ3n) is 3.02. The zero-order valence-electron chi connectivity index (χ0n) is 9.30. The van der Waals surface area contributed by atoms with E-state index in [0.717, 1.165) is 12.3 Å². The first-order chi connectivity index (χ1) is 8.44. The van der Waals surface area contributed by atoms with Crippen LogP contribution in [0.15, 0.2) is 12.3 Å². The van der Waals surface area contributed by atoms with Crippen LogP contribution in [0.2, 0.25) is 0 Å². The number of aromatic nitrogens is 1. The van der Waals surface area contributed by atoms with Crippen LogP contribution >= 0.6 is 0 Å². The number of carbonyl (C=O) groups is 2. The Morgan fingerprint density at radius 1 is 1.56 bits per heavy atom. The molecule has 0 radical (unpaired) electrons. The highest BCUT2D eigenvalue weighted by Gasteiger charge is 2.50. The molecular formula is C10H11N3O5. The molecule has 96 valence electrons. The number of nitrogens with one attached hydrogen (secondary N) is 2. The molecule has 3 N–H and O–H groups in total. The Morgan fingerprint density at radius 3 is 2.67 bits per heavy atom. The number of carboxylic acid groups (broad SMARTS) is 1. The van der Waals surface area contributed by atoms with Gasteiger partial charge in [0, 0.05) is 12.6 Å². The summed E-state index contributed by atoms with van der Waals surface area (Å²) in [5.41, 5.74) is -1.02. The van der Waals surface area contributed by atoms with E-state index in [0.29, 0.717) is 12.8 Å². The number of hydrogen-bond acceptors (Lipinski definition) is 4. The fourth-order valence-corrected chi connectivity index (χ4v) is 1.58. The third kappa shape index (κ3) is 2.17. The highest BCUT2D eigenvalue weighted by molar-refractivity contribution is 5.93. The van der Waals surface area contributed by atoms with Crippen molar-refractivity contribution in [3.63, 3.8) is 0 Å². The molecule has 8 nitrogen and oxygen atoms in total. The van der Waals surface area contributed by atoms with Gasteiger partial charge in [-0.15, -0.1) is 0 Å². The fraction of sp³-hybridized carbons (Fsp3) is 0.400. The molecule has 0 saturated heterocycles. The van der Waals surface area contributed by atoms with Crippen LogP contribution < -0.4 is 5.32 Å². The van der Waals surface area contributed by atoms with Gasteiger partial charge >= 0.3 is 5.97 Å². The SMILES string of the molecule is O=C(NCC1(C(=O)O)CC1)c1cc([N+](=O)[O-])c[nH]1. The second kappa shape index (κ2) is 4.13. The Kier molecular flexibility index (Phi) is 2.77. The molecule has 2 rings (SSSR count). The maximum atomic E-state index is 11.6. The lowest BCUT2D eigenvalue weighted by molar-refractivity contribution is -0.384. The molecule has 0 unspecified atom stereocenters. The van der Waals surface area contributed by atoms with E-state index in [-0.39, 0.29) is 17.9 Å². The maximum absolute atomic E-state index is 11.6. The van der Waals surface area contributed by atoms with Crippen molar-refractivity contribution >= 4 is 17.6 Å². The quantitative estimate of drug-likeness (QED) is 0.521. The molecule has 1 fully saturated rings. The van der Waals surface area contributed by atoms with Crippen molar-refractivity contribution in [3.05, 3.63) is 28.1 Å². The number of H-pyrrole nitrogens is 1. The van der Waals surface area contributed by atoms with Gasteiger partial charge in [0.25, 0.3) is 11.6 Å². The van der Waals surface area contributed by atoms with Gasteiger partial charge in [-0.25, -0.2) is 0 Å². The van der Waals surface area contributed by atoms with Gasteiger partial charge in [-0.05, 0) is 12.8 Å². The van der Waals surface area contributed by atoms with Crippen LogP contribution in [0, 0.1) is 15.5 Å². The predicted molar refractivity (Wildman–Crippen MR) is 59.1 cm³/mol. The molecule has 0 bridgehead atoms. The Balaban J connectivity index is 1.96. The molecule has 1 aromatic heterocycles. The number of rotatable bonds is 5. The van der Waals surface area contributed by atoms with Gasteiger partial charge in [0.1, 0.15) is 5.69 Å². The lowest BCUT2D eigenvalue weighted by Crippen LogP contribution is -2.34. The summed E-state index contributed by atoms with van der Waals surface area (Å²) in [5, 5.41) is 21.8. The first-order valence-corrected chi connectivity index (χ1v) is 5.29. The third-order valence-corrected chi connectivity index (χ3v) is 3.02. The van der Waals surface area contributed by atoms with E-state index < -0.39 is 22.2 Å². The molecule has 1 aromatic rings. The second-order valence-corrected chi connectivity index (χ2v) is 4.30. The Morgan fingerprint density at radius 2 is 2.22 bits per heavy atom. The Bertz CT molecular complexity index is 517. The monoisotopic (exact) mass is 253 g/mol. The van der Waals surface area contributed by atoms with Gasteiger partial charge in [0.15, 0.2) is 0 Å². The summed E-state index contributed by atoms with van der Waals surface area (Å²) < 4.78 is 0. The van der Waals surface area contributed by atoms with Crippen molar-refractivity contribution in [2.24, 2.45) is 5.41 Å². The molecule has 1 saturated carbocycles. The largest absolute Gasteiger partial charge is 0.481 e. The molecule has 1 heterocycles. The van der Waals surface area contributed by atoms with Crippen LogP contribution in [0.25, 0.3) is 0 Å². The molecule has 0 aromatic carbocycles. The van der Waals surface area contributed by atoms with E-state index in [1.807, 2.05) is 0 Å². The molecule has 0 spiro atoms. The second-order valence-electron chi connectivity index (χ2n) is 4.30. The van der Waals surface area contributed by atoms with Crippen LogP contribution in [0.3, 0.4) is 0 Å². The summed E-state index contributed by atoms with van der Waals surface area (Å²) in [5.74, 6) is -1.48. The maximum Gasteiger partial charge on any atom is 0.311 e. The number of carbonyl (C=O) groups excluding carboxylic acids is 1. The summed E-state index contributed by atoms with van der Waals surface area (Å²) >= 11 is 0. The number of nitro groups is 1. The van der Waals surface area contributed by atoms with Crippen molar-refractivity contribution in [1.29, 1.82) is 0 Å². The summed E-state index contributed by atoms with van der Waals surface area (Å²) in [4.78, 5) is 34.8. The van der Waals surface area contributed by atoms with Crippen molar-refractivity contribution in [2.45, 2.75) is 12.8 Å². The van der Waals surface area contributed by atoms with Crippen LogP contribution in [0.1, 0.15) is 23.3 Å². The molecule has 1 aliphatic rings. The van der Waals surface area contributed by atoms with Crippen molar-refractivity contribution in [2.75, 3.05) is 6.54 Å². The molecule has 1 aliphatic carbocycles. The van der Waals surface area contributed by atoms with E-state index in [9.17, 15) is 19.7 Å². The Labute approximate surface area is 101 Å². The molecular weight excluding hydrogens is 242 g/mol. The van der Waals surface area contributed by atoms with Gasteiger partial charge < -0.3 is 15.4 Å². The number of nitrogens with zero attached hydrogens (tertiary/aromatic N) is 1. The van der Waals surface area contributed by atoms with Crippen molar-refractivity contribution < 1.29 is 19.6 Å². The number of amides is 1. The fourth-order valence-electron chi connectivity index (χ4n) is 1.58. The van der Waals surface area contributed by atoms with E-state index >= 15 is 0 Å². The summed E-state index contributed by atoms with van der Waals surface area (Å²) in [7, 11) is 0. The van der Waals surface area contributed by atoms with Crippen molar-refractivity contribution in [1.82, 2.24) is 10.3 Å². The summed E-state index contributed by atoms with van der Waals surface area (Å²) in [6.07, 6.45) is 2.18. The van der Waals surface area contributed by atoms with Gasteiger partial charge in [-0.2, -0.15) is 0 Å². The molecule has 0 atom stereocenters. The van der Waals surface area contributed by atoms with Crippen LogP contribution in [0.4, 0.5) is 5.69 Å². The number of aliphatic carboxylic acids is 1. The Hall–Kier alpha value is -2.38. The average Bonchev–Trinajstić information content (AvgIpc) is 2.94. The van der Waals surface area contributed by atoms with E-state index in [1.165, 1.54) is 0 Å². The highest BCUT2D eigenvalue weighted by Crippen LogP contribution is 2.45. The topological polar surface area (TPSA) is 125 Å². The minimum absolute atomic E-state index is 0.0357. The molecule has 18 heavy (non-hydrogen) atoms. The first kappa shape index (κ1) is 12.1. The van der Waals surface area contributed by atoms with Crippen LogP contribution in [-0.2, 0) is 4.79 Å². The average molecular weight is 253 g/mol. The minimum Gasteiger partial charge on any atom is -0.481 e. The van der Waals surface area contributed by atoms with Crippen LogP contribution in [-0.4, -0.2) is 33.4 Å². The highest BCUT2D eigenvalue weighted by atomic mass is 16.6. The predicted octanol–water partition coefficient (Wildman–Crippen LogP) is 0.517. The summed E-state index contributed by atoms with van der Waals surface area (Å²) in [6.45, 7) is 0.0357. The molecule has 1 amide bonds. The summed E-state index contributed by atoms with van der Waals surface area (Å²) in [6, 6.07) is 1.11. The minimum atomic E-state index is -0.930. The normalized spacial score (nSPS) is 16.0. The van der Waals surface area contributed by atoms with Crippen LogP contribution in [0.5, 0.6) is 0 Å². The number of aromatic amines is 1. The standard InChI is InChI=1S/C10H11N3O5/c14-8(7-3-6(4-11-7)13(17)18)12-5-10(1-2-10)9(15)16/h3-4,11H,1-2,5H2,(H,12,14)(H,15,16). The van der Waals surface area contributed by atoms with Crippen molar-refractivity contribution in [3.8, 4) is 0 Å². The van der Waals surface area contributed by atoms with E-state index in [1.54, 1.807) is 0 Å². The lowest BCUT2D eigenvalue weighted by atomic mass is 10.1. The zero-order chi connectivity index (χ0) is 13.3. The van der Waals surface area contributed by atoms with Gasteiger partial charge in [-0.1, -0.05) is 0 Å². The lowest BCUT2D eigenvalue weighted by Gasteiger charge is -2.09. The van der Waals surface area contributed by atoms with E-state index in [2.05, 4.69) is 10.3 Å². The number of carboxylic acids is 1. The first-order valence-electron chi connectivity index (χ1n) is 5.29. The molecule has 8 heteroatoms. The van der Waals surface area contributed by atoms with E-state index in [4.69, 9.17) is 5.11 Å². The molecule has 0 aliphatic heterocycles. The van der Waals surface area contributed by atoms with Gasteiger partial charge in [-0.3, -0.25) is 19.7 Å². The number of hydrogen-bond donors (Lipinski definition) is 3. The zero-order valence-corrected chi connectivity index (χ0v) is 9.30. The van der Waals surface area contributed by atoms with Gasteiger partial charge in [0.2, 0.25) is 0 Å².